The minimum absolute atomic E-state index is 0.0340. The van der Waals surface area contributed by atoms with Gasteiger partial charge in [-0.05, 0) is 49.3 Å². The summed E-state index contributed by atoms with van der Waals surface area (Å²) >= 11 is 0. The smallest absolute Gasteiger partial charge is 0.313 e. The lowest BCUT2D eigenvalue weighted by atomic mass is 9.79. The zero-order valence-electron chi connectivity index (χ0n) is 13.9. The first-order valence-corrected chi connectivity index (χ1v) is 7.83. The molecule has 0 saturated heterocycles. The number of carbonyl (C=O) groups excluding carboxylic acids is 2. The number of benzene rings is 1. The molecule has 1 aromatic rings. The van der Waals surface area contributed by atoms with Crippen molar-refractivity contribution in [3.8, 4) is 0 Å². The second-order valence-corrected chi connectivity index (χ2v) is 5.78. The summed E-state index contributed by atoms with van der Waals surface area (Å²) < 4.78 is 13.2. The second-order valence-electron chi connectivity index (χ2n) is 5.78. The highest BCUT2D eigenvalue weighted by atomic mass is 19.1. The van der Waals surface area contributed by atoms with Gasteiger partial charge in [-0.15, -0.1) is 0 Å². The number of hydrogen-bond donors (Lipinski definition) is 3. The molecule has 0 saturated carbocycles. The third kappa shape index (κ3) is 5.32. The van der Waals surface area contributed by atoms with Crippen LogP contribution in [0.15, 0.2) is 18.2 Å². The van der Waals surface area contributed by atoms with Crippen LogP contribution in [0.1, 0.15) is 38.7 Å². The number of carbonyl (C=O) groups is 2. The molecule has 128 valence electrons. The molecule has 0 radical (unpaired) electrons. The third-order valence-electron chi connectivity index (χ3n) is 4.42. The predicted molar refractivity (Wildman–Crippen MR) is 87.5 cm³/mol. The number of aliphatic hydroxyl groups excluding tert-OH is 1. The third-order valence-corrected chi connectivity index (χ3v) is 4.42. The lowest BCUT2D eigenvalue weighted by molar-refractivity contribution is -0.136. The van der Waals surface area contributed by atoms with Crippen LogP contribution in [0.2, 0.25) is 0 Å². The number of halogens is 1. The van der Waals surface area contributed by atoms with Gasteiger partial charge in [-0.2, -0.15) is 0 Å². The van der Waals surface area contributed by atoms with E-state index in [4.69, 9.17) is 5.11 Å². The van der Waals surface area contributed by atoms with E-state index >= 15 is 0 Å². The molecule has 0 unspecified atom stereocenters. The largest absolute Gasteiger partial charge is 0.396 e. The number of nitrogens with one attached hydrogen (secondary N) is 2. The van der Waals surface area contributed by atoms with E-state index in [1.807, 2.05) is 13.8 Å². The Balaban J connectivity index is 2.67. The Bertz CT molecular complexity index is 557. The molecule has 5 nitrogen and oxygen atoms in total. The lowest BCUT2D eigenvalue weighted by Crippen LogP contribution is -2.42. The molecular weight excluding hydrogens is 299 g/mol. The van der Waals surface area contributed by atoms with Crippen LogP contribution in [0, 0.1) is 18.2 Å². The maximum Gasteiger partial charge on any atom is 0.313 e. The van der Waals surface area contributed by atoms with Gasteiger partial charge in [0.1, 0.15) is 5.82 Å². The number of rotatable bonds is 7. The van der Waals surface area contributed by atoms with Gasteiger partial charge in [0.05, 0.1) is 0 Å². The highest BCUT2D eigenvalue weighted by Crippen LogP contribution is 2.29. The predicted octanol–water partition coefficient (Wildman–Crippen LogP) is 2.38. The van der Waals surface area contributed by atoms with Crippen molar-refractivity contribution in [3.63, 3.8) is 0 Å². The van der Waals surface area contributed by atoms with Crippen LogP contribution in [0.3, 0.4) is 0 Å². The van der Waals surface area contributed by atoms with Crippen molar-refractivity contribution < 1.29 is 19.1 Å². The molecule has 0 aliphatic heterocycles. The Kier molecular flexibility index (Phi) is 7.16. The number of amides is 2. The molecule has 6 heteroatoms. The van der Waals surface area contributed by atoms with E-state index in [0.29, 0.717) is 18.5 Å². The summed E-state index contributed by atoms with van der Waals surface area (Å²) in [5.41, 5.74) is 0.724. The van der Waals surface area contributed by atoms with Crippen LogP contribution in [0.25, 0.3) is 0 Å². The van der Waals surface area contributed by atoms with Crippen molar-refractivity contribution in [2.75, 3.05) is 18.5 Å². The molecule has 0 aliphatic rings. The van der Waals surface area contributed by atoms with Gasteiger partial charge < -0.3 is 15.7 Å². The molecule has 0 fully saturated rings. The van der Waals surface area contributed by atoms with E-state index in [0.717, 1.165) is 12.8 Å². The average molecular weight is 324 g/mol. The van der Waals surface area contributed by atoms with Gasteiger partial charge in [-0.3, -0.25) is 9.59 Å². The standard InChI is InChI=1S/C17H25FN2O3/c1-4-17(5-2,8-9-21)11-19-15(22)16(23)20-14-10-13(18)7-6-12(14)3/h6-7,10,21H,4-5,8-9,11H2,1-3H3,(H,19,22)(H,20,23). The second kappa shape index (κ2) is 8.62. The molecule has 0 aliphatic carbocycles. The van der Waals surface area contributed by atoms with Crippen molar-refractivity contribution in [1.82, 2.24) is 5.32 Å². The maximum absolute atomic E-state index is 13.2. The van der Waals surface area contributed by atoms with Gasteiger partial charge in [-0.1, -0.05) is 19.9 Å². The molecule has 2 amide bonds. The highest BCUT2D eigenvalue weighted by Gasteiger charge is 2.27. The van der Waals surface area contributed by atoms with E-state index in [1.165, 1.54) is 18.2 Å². The summed E-state index contributed by atoms with van der Waals surface area (Å²) in [6.07, 6.45) is 2.13. The number of hydrogen-bond acceptors (Lipinski definition) is 3. The maximum atomic E-state index is 13.2. The van der Waals surface area contributed by atoms with Gasteiger partial charge in [0.25, 0.3) is 0 Å². The van der Waals surface area contributed by atoms with E-state index in [2.05, 4.69) is 10.6 Å². The minimum Gasteiger partial charge on any atom is -0.396 e. The first kappa shape index (κ1) is 19.1. The molecule has 0 atom stereocenters. The molecule has 0 spiro atoms. The number of anilines is 1. The summed E-state index contributed by atoms with van der Waals surface area (Å²) in [6.45, 7) is 6.04. The van der Waals surface area contributed by atoms with Crippen molar-refractivity contribution in [2.24, 2.45) is 5.41 Å². The van der Waals surface area contributed by atoms with Gasteiger partial charge in [0, 0.05) is 18.8 Å². The molecule has 1 rings (SSSR count). The number of aliphatic hydroxyl groups is 1. The molecule has 0 bridgehead atoms. The molecule has 1 aromatic carbocycles. The van der Waals surface area contributed by atoms with Gasteiger partial charge in [0.15, 0.2) is 0 Å². The van der Waals surface area contributed by atoms with E-state index < -0.39 is 17.6 Å². The molecule has 0 aromatic heterocycles. The fourth-order valence-corrected chi connectivity index (χ4v) is 2.44. The van der Waals surface area contributed by atoms with Gasteiger partial charge in [-0.25, -0.2) is 4.39 Å². The SMILES string of the molecule is CCC(CC)(CCO)CNC(=O)C(=O)Nc1cc(F)ccc1C. The van der Waals surface area contributed by atoms with Crippen LogP contribution in [-0.2, 0) is 9.59 Å². The van der Waals surface area contributed by atoms with E-state index in [-0.39, 0.29) is 17.7 Å². The molecule has 23 heavy (non-hydrogen) atoms. The number of aryl methyl sites for hydroxylation is 1. The zero-order chi connectivity index (χ0) is 17.5. The normalized spacial score (nSPS) is 11.2. The lowest BCUT2D eigenvalue weighted by Gasteiger charge is -2.31. The van der Waals surface area contributed by atoms with Crippen molar-refractivity contribution in [1.29, 1.82) is 0 Å². The Hall–Kier alpha value is -1.95. The van der Waals surface area contributed by atoms with Crippen LogP contribution >= 0.6 is 0 Å². The first-order chi connectivity index (χ1) is 10.9. The Morgan fingerprint density at radius 1 is 1.22 bits per heavy atom. The van der Waals surface area contributed by atoms with E-state index in [1.54, 1.807) is 6.92 Å². The van der Waals surface area contributed by atoms with Crippen LogP contribution in [0.5, 0.6) is 0 Å². The van der Waals surface area contributed by atoms with Crippen molar-refractivity contribution >= 4 is 17.5 Å². The Morgan fingerprint density at radius 2 is 1.87 bits per heavy atom. The fourth-order valence-electron chi connectivity index (χ4n) is 2.44. The minimum atomic E-state index is -0.830. The summed E-state index contributed by atoms with van der Waals surface area (Å²) in [4.78, 5) is 23.9. The highest BCUT2D eigenvalue weighted by molar-refractivity contribution is 6.39. The quantitative estimate of drug-likeness (QED) is 0.674. The van der Waals surface area contributed by atoms with Gasteiger partial charge >= 0.3 is 11.8 Å². The summed E-state index contributed by atoms with van der Waals surface area (Å²) in [5, 5.41) is 14.2. The van der Waals surface area contributed by atoms with Crippen molar-refractivity contribution in [3.05, 3.63) is 29.6 Å². The Labute approximate surface area is 136 Å². The van der Waals surface area contributed by atoms with Crippen LogP contribution in [-0.4, -0.2) is 30.1 Å². The molecule has 0 heterocycles. The van der Waals surface area contributed by atoms with Crippen LogP contribution in [0.4, 0.5) is 10.1 Å². The fraction of sp³-hybridized carbons (Fsp3) is 0.529. The molecular formula is C17H25FN2O3. The topological polar surface area (TPSA) is 78.4 Å². The average Bonchev–Trinajstić information content (AvgIpc) is 2.54. The molecule has 3 N–H and O–H groups in total. The zero-order valence-corrected chi connectivity index (χ0v) is 13.9. The summed E-state index contributed by atoms with van der Waals surface area (Å²) in [6, 6.07) is 3.99. The first-order valence-electron chi connectivity index (χ1n) is 7.83. The Morgan fingerprint density at radius 3 is 2.43 bits per heavy atom. The van der Waals surface area contributed by atoms with Crippen molar-refractivity contribution in [2.45, 2.75) is 40.0 Å². The summed E-state index contributed by atoms with van der Waals surface area (Å²) in [7, 11) is 0. The monoisotopic (exact) mass is 324 g/mol. The van der Waals surface area contributed by atoms with E-state index in [9.17, 15) is 14.0 Å². The summed E-state index contributed by atoms with van der Waals surface area (Å²) in [5.74, 6) is -2.08. The van der Waals surface area contributed by atoms with Gasteiger partial charge in [0.2, 0.25) is 0 Å². The van der Waals surface area contributed by atoms with Crippen LogP contribution < -0.4 is 10.6 Å².